The van der Waals surface area contributed by atoms with E-state index in [1.807, 2.05) is 13.0 Å². The number of rotatable bonds is 3. The van der Waals surface area contributed by atoms with Crippen LogP contribution < -0.4 is 4.74 Å². The first-order valence-corrected chi connectivity index (χ1v) is 5.30. The van der Waals surface area contributed by atoms with Gasteiger partial charge in [-0.3, -0.25) is 4.79 Å². The van der Waals surface area contributed by atoms with Crippen molar-refractivity contribution in [1.82, 2.24) is 4.98 Å². The average Bonchev–Trinajstić information content (AvgIpc) is 2.28. The summed E-state index contributed by atoms with van der Waals surface area (Å²) in [6.07, 6.45) is 0.697. The summed E-state index contributed by atoms with van der Waals surface area (Å²) in [4.78, 5) is 14.9. The van der Waals surface area contributed by atoms with Crippen LogP contribution in [0.2, 0.25) is 5.02 Å². The lowest BCUT2D eigenvalue weighted by atomic mass is 10.2. The highest BCUT2D eigenvalue weighted by molar-refractivity contribution is 6.31. The van der Waals surface area contributed by atoms with Gasteiger partial charge in [-0.2, -0.15) is 0 Å². The van der Waals surface area contributed by atoms with Gasteiger partial charge in [-0.25, -0.2) is 4.98 Å². The Labute approximate surface area is 98.0 Å². The van der Waals surface area contributed by atoms with E-state index in [4.69, 9.17) is 16.3 Å². The molecule has 1 aromatic carbocycles. The van der Waals surface area contributed by atoms with Crippen molar-refractivity contribution < 1.29 is 9.53 Å². The van der Waals surface area contributed by atoms with Gasteiger partial charge in [0.05, 0.1) is 12.1 Å². The van der Waals surface area contributed by atoms with Gasteiger partial charge < -0.3 is 4.74 Å². The van der Waals surface area contributed by atoms with E-state index in [0.29, 0.717) is 34.9 Å². The Bertz CT molecular complexity index is 540. The Balaban J connectivity index is 2.70. The Hall–Kier alpha value is -1.61. The molecule has 0 unspecified atom stereocenters. The fourth-order valence-electron chi connectivity index (χ4n) is 1.52. The number of carbonyl (C=O) groups excluding carboxylic acids is 1. The van der Waals surface area contributed by atoms with E-state index < -0.39 is 0 Å². The zero-order chi connectivity index (χ0) is 11.5. The summed E-state index contributed by atoms with van der Waals surface area (Å²) in [5, 5.41) is 1.45. The Morgan fingerprint density at radius 1 is 1.44 bits per heavy atom. The minimum absolute atomic E-state index is 0.346. The van der Waals surface area contributed by atoms with Gasteiger partial charge in [-0.05, 0) is 25.1 Å². The predicted octanol–water partition coefficient (Wildman–Crippen LogP) is 3.10. The van der Waals surface area contributed by atoms with Crippen LogP contribution in [0, 0.1) is 0 Å². The van der Waals surface area contributed by atoms with Crippen LogP contribution in [0.25, 0.3) is 10.9 Å². The van der Waals surface area contributed by atoms with Crippen LogP contribution >= 0.6 is 11.6 Å². The molecular formula is C12H10ClNO2. The lowest BCUT2D eigenvalue weighted by Crippen LogP contribution is -1.96. The third-order valence-corrected chi connectivity index (χ3v) is 2.41. The molecule has 0 fully saturated rings. The van der Waals surface area contributed by atoms with Gasteiger partial charge in [-0.15, -0.1) is 0 Å². The monoisotopic (exact) mass is 235 g/mol. The standard InChI is InChI=1S/C12H10ClNO2/c1-2-16-12-6-9(7-15)14-11-5-8(13)3-4-10(11)12/h3-7H,2H2,1H3. The molecule has 2 aromatic rings. The number of benzene rings is 1. The van der Waals surface area contributed by atoms with Crippen molar-refractivity contribution in [1.29, 1.82) is 0 Å². The van der Waals surface area contributed by atoms with Gasteiger partial charge in [0.1, 0.15) is 11.4 Å². The zero-order valence-corrected chi connectivity index (χ0v) is 9.49. The zero-order valence-electron chi connectivity index (χ0n) is 8.74. The summed E-state index contributed by atoms with van der Waals surface area (Å²) in [7, 11) is 0. The fourth-order valence-corrected chi connectivity index (χ4v) is 1.69. The molecule has 3 nitrogen and oxygen atoms in total. The average molecular weight is 236 g/mol. The Morgan fingerprint density at radius 2 is 2.25 bits per heavy atom. The predicted molar refractivity (Wildman–Crippen MR) is 63.3 cm³/mol. The molecule has 1 aromatic heterocycles. The van der Waals surface area contributed by atoms with Crippen LogP contribution in [-0.2, 0) is 0 Å². The normalized spacial score (nSPS) is 10.4. The molecule has 0 radical (unpaired) electrons. The maximum absolute atomic E-state index is 10.7. The number of carbonyl (C=O) groups is 1. The minimum Gasteiger partial charge on any atom is -0.493 e. The summed E-state index contributed by atoms with van der Waals surface area (Å²) < 4.78 is 5.46. The van der Waals surface area contributed by atoms with Gasteiger partial charge in [0, 0.05) is 16.5 Å². The third-order valence-electron chi connectivity index (χ3n) is 2.17. The Morgan fingerprint density at radius 3 is 2.94 bits per heavy atom. The van der Waals surface area contributed by atoms with Crippen molar-refractivity contribution in [3.8, 4) is 5.75 Å². The number of pyridine rings is 1. The molecule has 0 saturated carbocycles. The molecule has 0 amide bonds. The number of ether oxygens (including phenoxy) is 1. The van der Waals surface area contributed by atoms with E-state index in [1.54, 1.807) is 18.2 Å². The van der Waals surface area contributed by atoms with Crippen LogP contribution in [0.4, 0.5) is 0 Å². The molecule has 0 spiro atoms. The topological polar surface area (TPSA) is 39.2 Å². The molecule has 0 aliphatic carbocycles. The van der Waals surface area contributed by atoms with Crippen LogP contribution in [0.15, 0.2) is 24.3 Å². The fraction of sp³-hybridized carbons (Fsp3) is 0.167. The number of hydrogen-bond donors (Lipinski definition) is 0. The van der Waals surface area contributed by atoms with Crippen molar-refractivity contribution >= 4 is 28.8 Å². The number of nitrogens with zero attached hydrogens (tertiary/aromatic N) is 1. The molecule has 16 heavy (non-hydrogen) atoms. The second-order valence-electron chi connectivity index (χ2n) is 3.26. The van der Waals surface area contributed by atoms with E-state index >= 15 is 0 Å². The summed E-state index contributed by atoms with van der Waals surface area (Å²) in [5.41, 5.74) is 1.01. The first-order valence-electron chi connectivity index (χ1n) is 4.93. The largest absolute Gasteiger partial charge is 0.493 e. The number of fused-ring (bicyclic) bond motifs is 1. The van der Waals surface area contributed by atoms with Crippen LogP contribution in [0.1, 0.15) is 17.4 Å². The highest BCUT2D eigenvalue weighted by Gasteiger charge is 2.06. The van der Waals surface area contributed by atoms with E-state index in [0.717, 1.165) is 5.39 Å². The molecule has 0 saturated heterocycles. The SMILES string of the molecule is CCOc1cc(C=O)nc2cc(Cl)ccc12. The van der Waals surface area contributed by atoms with Gasteiger partial charge >= 0.3 is 0 Å². The third kappa shape index (κ3) is 1.99. The number of aldehydes is 1. The lowest BCUT2D eigenvalue weighted by Gasteiger charge is -2.07. The first kappa shape index (κ1) is 10.9. The quantitative estimate of drug-likeness (QED) is 0.768. The van der Waals surface area contributed by atoms with E-state index in [1.165, 1.54) is 0 Å². The molecule has 0 aliphatic heterocycles. The van der Waals surface area contributed by atoms with Gasteiger partial charge in [0.2, 0.25) is 0 Å². The van der Waals surface area contributed by atoms with E-state index in [-0.39, 0.29) is 0 Å². The molecule has 4 heteroatoms. The molecule has 1 heterocycles. The maximum Gasteiger partial charge on any atom is 0.168 e. The van der Waals surface area contributed by atoms with Crippen LogP contribution in [-0.4, -0.2) is 17.9 Å². The number of aromatic nitrogens is 1. The van der Waals surface area contributed by atoms with Gasteiger partial charge in [0.25, 0.3) is 0 Å². The summed E-state index contributed by atoms with van der Waals surface area (Å²) >= 11 is 5.87. The van der Waals surface area contributed by atoms with Crippen LogP contribution in [0.3, 0.4) is 0 Å². The second-order valence-corrected chi connectivity index (χ2v) is 3.69. The second kappa shape index (κ2) is 4.49. The van der Waals surface area contributed by atoms with Crippen molar-refractivity contribution in [3.63, 3.8) is 0 Å². The van der Waals surface area contributed by atoms with Crippen LogP contribution in [0.5, 0.6) is 5.75 Å². The van der Waals surface area contributed by atoms with E-state index in [9.17, 15) is 4.79 Å². The molecule has 82 valence electrons. The maximum atomic E-state index is 10.7. The summed E-state index contributed by atoms with van der Waals surface area (Å²) in [6, 6.07) is 6.96. The molecule has 0 atom stereocenters. The van der Waals surface area contributed by atoms with Crippen molar-refractivity contribution in [2.45, 2.75) is 6.92 Å². The molecular weight excluding hydrogens is 226 g/mol. The van der Waals surface area contributed by atoms with Gasteiger partial charge in [-0.1, -0.05) is 11.6 Å². The minimum atomic E-state index is 0.346. The van der Waals surface area contributed by atoms with E-state index in [2.05, 4.69) is 4.98 Å². The van der Waals surface area contributed by atoms with Crippen molar-refractivity contribution in [2.75, 3.05) is 6.61 Å². The highest BCUT2D eigenvalue weighted by atomic mass is 35.5. The summed E-state index contributed by atoms with van der Waals surface area (Å²) in [6.45, 7) is 2.43. The first-order chi connectivity index (χ1) is 7.74. The lowest BCUT2D eigenvalue weighted by molar-refractivity contribution is 0.111. The molecule has 0 N–H and O–H groups in total. The van der Waals surface area contributed by atoms with Crippen molar-refractivity contribution in [2.24, 2.45) is 0 Å². The number of hydrogen-bond acceptors (Lipinski definition) is 3. The van der Waals surface area contributed by atoms with Gasteiger partial charge in [0.15, 0.2) is 6.29 Å². The molecule has 0 aliphatic rings. The highest BCUT2D eigenvalue weighted by Crippen LogP contribution is 2.27. The molecule has 0 bridgehead atoms. The Kier molecular flexibility index (Phi) is 3.06. The van der Waals surface area contributed by atoms with Crippen molar-refractivity contribution in [3.05, 3.63) is 35.0 Å². The smallest absolute Gasteiger partial charge is 0.168 e. The number of halogens is 1. The molecule has 2 rings (SSSR count). The summed E-state index contributed by atoms with van der Waals surface area (Å²) in [5.74, 6) is 0.659.